The maximum absolute atomic E-state index is 13.1. The monoisotopic (exact) mass is 426 g/mol. The van der Waals surface area contributed by atoms with E-state index in [1.54, 1.807) is 13.1 Å². The first-order valence-corrected chi connectivity index (χ1v) is 10.2. The van der Waals surface area contributed by atoms with Crippen molar-refractivity contribution in [2.45, 2.75) is 49.6 Å². The summed E-state index contributed by atoms with van der Waals surface area (Å²) < 4.78 is 0. The van der Waals surface area contributed by atoms with Crippen LogP contribution in [0.1, 0.15) is 25.5 Å². The number of H-pyrrole nitrogens is 1. The molecule has 160 valence electrons. The number of hydrogen-bond acceptors (Lipinski definition) is 6. The summed E-state index contributed by atoms with van der Waals surface area (Å²) in [6, 6.07) is -2.27. The normalized spacial score (nSPS) is 24.9. The standard InChI is InChI=1S/C17H24N6O4S.H2O/c1-9-15(25)22-12(7-28-9)16(26)21-11(5-10-6-19-8-20-10)17(27)23-4-2-3-13(23)14(18)24;/h6,8-9,11-13H,2-5,7H2,1H3,(H2,18,24)(H,19,20)(H,21,26)(H,22,25);1H2/t9-,11+,12+,13+;/m1./s1. The first-order valence-electron chi connectivity index (χ1n) is 9.16. The smallest absolute Gasteiger partial charge is 0.246 e. The number of likely N-dealkylation sites (tertiary alicyclic amines) is 1. The number of aromatic nitrogens is 2. The zero-order valence-electron chi connectivity index (χ0n) is 16.0. The van der Waals surface area contributed by atoms with Crippen molar-refractivity contribution in [3.8, 4) is 0 Å². The number of imidazole rings is 1. The Morgan fingerprint density at radius 1 is 1.45 bits per heavy atom. The van der Waals surface area contributed by atoms with Crippen molar-refractivity contribution in [2.75, 3.05) is 12.3 Å². The lowest BCUT2D eigenvalue weighted by atomic mass is 10.1. The van der Waals surface area contributed by atoms with E-state index in [2.05, 4.69) is 20.6 Å². The molecule has 0 unspecified atom stereocenters. The fraction of sp³-hybridized carbons (Fsp3) is 0.588. The summed E-state index contributed by atoms with van der Waals surface area (Å²) in [5, 5.41) is 5.20. The van der Waals surface area contributed by atoms with Gasteiger partial charge in [0.15, 0.2) is 0 Å². The van der Waals surface area contributed by atoms with E-state index >= 15 is 0 Å². The zero-order valence-corrected chi connectivity index (χ0v) is 16.8. The molecule has 1 aromatic rings. The molecule has 12 heteroatoms. The van der Waals surface area contributed by atoms with Crippen LogP contribution in [-0.4, -0.2) is 79.6 Å². The molecule has 4 atom stereocenters. The molecule has 2 aliphatic heterocycles. The second-order valence-corrected chi connectivity index (χ2v) is 8.34. The van der Waals surface area contributed by atoms with Gasteiger partial charge >= 0.3 is 0 Å². The average Bonchev–Trinajstić information content (AvgIpc) is 3.34. The zero-order chi connectivity index (χ0) is 20.3. The Morgan fingerprint density at radius 3 is 2.83 bits per heavy atom. The van der Waals surface area contributed by atoms with Gasteiger partial charge in [-0.05, 0) is 19.8 Å². The number of nitrogens with zero attached hydrogens (tertiary/aromatic N) is 2. The molecule has 0 radical (unpaired) electrons. The van der Waals surface area contributed by atoms with E-state index in [1.807, 2.05) is 0 Å². The average molecular weight is 426 g/mol. The maximum atomic E-state index is 13.1. The number of primary amides is 1. The van der Waals surface area contributed by atoms with E-state index in [0.717, 1.165) is 0 Å². The summed E-state index contributed by atoms with van der Waals surface area (Å²) in [7, 11) is 0. The number of aromatic amines is 1. The number of carbonyl (C=O) groups is 4. The van der Waals surface area contributed by atoms with Crippen LogP contribution < -0.4 is 16.4 Å². The Bertz CT molecular complexity index is 758. The molecular weight excluding hydrogens is 400 g/mol. The van der Waals surface area contributed by atoms with Crippen LogP contribution >= 0.6 is 11.8 Å². The lowest BCUT2D eigenvalue weighted by Gasteiger charge is -2.30. The van der Waals surface area contributed by atoms with Gasteiger partial charge in [-0.2, -0.15) is 0 Å². The van der Waals surface area contributed by atoms with Crippen LogP contribution in [0.4, 0.5) is 0 Å². The molecule has 11 nitrogen and oxygen atoms in total. The van der Waals surface area contributed by atoms with E-state index in [4.69, 9.17) is 5.73 Å². The van der Waals surface area contributed by atoms with Crippen LogP contribution in [0.15, 0.2) is 12.5 Å². The number of carbonyl (C=O) groups excluding carboxylic acids is 4. The lowest BCUT2D eigenvalue weighted by molar-refractivity contribution is -0.141. The first kappa shape index (κ1) is 22.7. The van der Waals surface area contributed by atoms with Crippen LogP contribution in [0.25, 0.3) is 0 Å². The van der Waals surface area contributed by atoms with Crippen LogP contribution in [0.2, 0.25) is 0 Å². The van der Waals surface area contributed by atoms with Crippen molar-refractivity contribution < 1.29 is 24.7 Å². The van der Waals surface area contributed by atoms with Gasteiger partial charge in [-0.25, -0.2) is 4.98 Å². The molecule has 0 aliphatic carbocycles. The highest BCUT2D eigenvalue weighted by atomic mass is 32.2. The summed E-state index contributed by atoms with van der Waals surface area (Å²) in [5.41, 5.74) is 6.09. The Morgan fingerprint density at radius 2 is 2.21 bits per heavy atom. The van der Waals surface area contributed by atoms with E-state index in [1.165, 1.54) is 23.0 Å². The topological polar surface area (TPSA) is 182 Å². The van der Waals surface area contributed by atoms with Gasteiger partial charge < -0.3 is 31.7 Å². The Balaban J connectivity index is 0.00000300. The summed E-state index contributed by atoms with van der Waals surface area (Å²) in [5.74, 6) is -1.13. The summed E-state index contributed by atoms with van der Waals surface area (Å²) in [6.07, 6.45) is 4.44. The number of nitrogens with one attached hydrogen (secondary N) is 3. The van der Waals surface area contributed by atoms with Crippen molar-refractivity contribution >= 4 is 35.4 Å². The highest BCUT2D eigenvalue weighted by Gasteiger charge is 2.38. The second-order valence-electron chi connectivity index (χ2n) is 6.97. The third-order valence-corrected chi connectivity index (χ3v) is 6.21. The molecule has 2 fully saturated rings. The van der Waals surface area contributed by atoms with Crippen molar-refractivity contribution in [3.63, 3.8) is 0 Å². The highest BCUT2D eigenvalue weighted by Crippen LogP contribution is 2.20. The number of hydrogen-bond donors (Lipinski definition) is 4. The van der Waals surface area contributed by atoms with Gasteiger partial charge in [-0.1, -0.05) is 0 Å². The van der Waals surface area contributed by atoms with E-state index in [0.29, 0.717) is 30.8 Å². The number of thioether (sulfide) groups is 1. The van der Waals surface area contributed by atoms with Gasteiger partial charge in [0.25, 0.3) is 0 Å². The fourth-order valence-corrected chi connectivity index (χ4v) is 4.34. The Labute approximate surface area is 171 Å². The Hall–Kier alpha value is -2.60. The van der Waals surface area contributed by atoms with Gasteiger partial charge in [0.1, 0.15) is 18.1 Å². The summed E-state index contributed by atoms with van der Waals surface area (Å²) >= 11 is 1.39. The van der Waals surface area contributed by atoms with Crippen LogP contribution in [0.5, 0.6) is 0 Å². The van der Waals surface area contributed by atoms with Crippen molar-refractivity contribution in [2.24, 2.45) is 5.73 Å². The third-order valence-electron chi connectivity index (χ3n) is 4.97. The lowest BCUT2D eigenvalue weighted by Crippen LogP contribution is -2.59. The minimum Gasteiger partial charge on any atom is -0.412 e. The molecule has 3 rings (SSSR count). The molecule has 0 saturated carbocycles. The minimum atomic E-state index is -0.894. The predicted octanol–water partition coefficient (Wildman–Crippen LogP) is -2.29. The van der Waals surface area contributed by atoms with E-state index in [-0.39, 0.29) is 29.0 Å². The van der Waals surface area contributed by atoms with Crippen LogP contribution in [-0.2, 0) is 25.6 Å². The molecule has 4 amide bonds. The summed E-state index contributed by atoms with van der Waals surface area (Å²) in [4.78, 5) is 57.6. The summed E-state index contributed by atoms with van der Waals surface area (Å²) in [6.45, 7) is 2.19. The minimum absolute atomic E-state index is 0. The molecule has 0 aromatic carbocycles. The molecule has 29 heavy (non-hydrogen) atoms. The predicted molar refractivity (Wildman–Crippen MR) is 106 cm³/mol. The highest BCUT2D eigenvalue weighted by molar-refractivity contribution is 8.00. The van der Waals surface area contributed by atoms with Gasteiger partial charge in [0.05, 0.1) is 11.6 Å². The SMILES string of the molecule is C[C@H]1SC[C@@H](C(=O)N[C@@H](Cc2cnc[nH]2)C(=O)N2CCC[C@H]2C(N)=O)NC1=O.O. The molecule has 1 aromatic heterocycles. The molecule has 3 heterocycles. The van der Waals surface area contributed by atoms with E-state index < -0.39 is 29.9 Å². The molecule has 7 N–H and O–H groups in total. The van der Waals surface area contributed by atoms with Gasteiger partial charge in [-0.15, -0.1) is 11.8 Å². The van der Waals surface area contributed by atoms with Crippen molar-refractivity contribution in [1.29, 1.82) is 0 Å². The van der Waals surface area contributed by atoms with Gasteiger partial charge in [0, 0.05) is 30.6 Å². The maximum Gasteiger partial charge on any atom is 0.246 e. The van der Waals surface area contributed by atoms with Crippen LogP contribution in [0, 0.1) is 0 Å². The fourth-order valence-electron chi connectivity index (χ4n) is 3.40. The van der Waals surface area contributed by atoms with E-state index in [9.17, 15) is 19.2 Å². The number of nitrogens with two attached hydrogens (primary N) is 1. The van der Waals surface area contributed by atoms with Crippen molar-refractivity contribution in [1.82, 2.24) is 25.5 Å². The quantitative estimate of drug-likeness (QED) is 0.397. The van der Waals surface area contributed by atoms with Gasteiger partial charge in [-0.3, -0.25) is 19.2 Å². The van der Waals surface area contributed by atoms with Crippen molar-refractivity contribution in [3.05, 3.63) is 18.2 Å². The molecule has 0 spiro atoms. The Kier molecular flexibility index (Phi) is 7.62. The molecule has 0 bridgehead atoms. The largest absolute Gasteiger partial charge is 0.412 e. The number of rotatable bonds is 6. The third kappa shape index (κ3) is 5.26. The molecule has 2 aliphatic rings. The van der Waals surface area contributed by atoms with Gasteiger partial charge in [0.2, 0.25) is 23.6 Å². The first-order chi connectivity index (χ1) is 13.4. The molecule has 2 saturated heterocycles. The number of amides is 4. The second kappa shape index (κ2) is 9.74. The molecular formula is C17H26N6O5S. The van der Waals surface area contributed by atoms with Crippen LogP contribution in [0.3, 0.4) is 0 Å².